The van der Waals surface area contributed by atoms with Crippen LogP contribution in [0.25, 0.3) is 11.0 Å². The van der Waals surface area contributed by atoms with Crippen LogP contribution in [0.15, 0.2) is 45.4 Å². The van der Waals surface area contributed by atoms with Gasteiger partial charge in [-0.2, -0.15) is 0 Å². The number of ether oxygens (including phenoxy) is 1. The van der Waals surface area contributed by atoms with Crippen LogP contribution in [-0.2, 0) is 9.53 Å². The minimum atomic E-state index is -0.703. The van der Waals surface area contributed by atoms with Crippen molar-refractivity contribution in [2.75, 3.05) is 6.61 Å². The minimum absolute atomic E-state index is 0.0594. The van der Waals surface area contributed by atoms with E-state index in [-0.39, 0.29) is 11.8 Å². The molecule has 0 aliphatic rings. The molecule has 1 aromatic carbocycles. The minimum Gasteiger partial charge on any atom is -0.467 e. The Balaban J connectivity index is 1.63. The van der Waals surface area contributed by atoms with Crippen molar-refractivity contribution in [1.82, 2.24) is 5.32 Å². The second-order valence-corrected chi connectivity index (χ2v) is 6.01. The summed E-state index contributed by atoms with van der Waals surface area (Å²) >= 11 is 5.95. The van der Waals surface area contributed by atoms with Crippen molar-refractivity contribution in [1.29, 1.82) is 0 Å². The molecule has 0 bridgehead atoms. The molecule has 0 spiro atoms. The summed E-state index contributed by atoms with van der Waals surface area (Å²) in [6.45, 7) is 3.09. The molecule has 25 heavy (non-hydrogen) atoms. The summed E-state index contributed by atoms with van der Waals surface area (Å²) in [5.74, 6) is -0.464. The van der Waals surface area contributed by atoms with Crippen LogP contribution in [0.3, 0.4) is 0 Å². The molecule has 0 saturated heterocycles. The molecule has 2 heterocycles. The zero-order chi connectivity index (χ0) is 18.0. The smallest absolute Gasteiger partial charge is 0.375 e. The fourth-order valence-electron chi connectivity index (χ4n) is 2.48. The van der Waals surface area contributed by atoms with Gasteiger partial charge in [-0.3, -0.25) is 4.79 Å². The predicted octanol–water partition coefficient (Wildman–Crippen LogP) is 4.02. The van der Waals surface area contributed by atoms with E-state index < -0.39 is 18.5 Å². The Hall–Kier alpha value is -2.73. The zero-order valence-electron chi connectivity index (χ0n) is 13.7. The summed E-state index contributed by atoms with van der Waals surface area (Å²) in [7, 11) is 0. The molecule has 2 aromatic heterocycles. The molecular formula is C18H16ClNO5. The van der Waals surface area contributed by atoms with Gasteiger partial charge in [0.1, 0.15) is 11.3 Å². The number of esters is 1. The second-order valence-electron chi connectivity index (χ2n) is 5.58. The molecule has 0 unspecified atom stereocenters. The summed E-state index contributed by atoms with van der Waals surface area (Å²) < 4.78 is 15.8. The average molecular weight is 362 g/mol. The molecule has 0 radical (unpaired) electrons. The lowest BCUT2D eigenvalue weighted by Gasteiger charge is -2.11. The molecule has 0 aliphatic heterocycles. The van der Waals surface area contributed by atoms with E-state index in [1.54, 1.807) is 44.2 Å². The van der Waals surface area contributed by atoms with Gasteiger partial charge < -0.3 is 18.9 Å². The Labute approximate surface area is 148 Å². The third-order valence-electron chi connectivity index (χ3n) is 3.77. The molecular weight excluding hydrogens is 346 g/mol. The third kappa shape index (κ3) is 3.69. The molecule has 3 rings (SSSR count). The number of rotatable bonds is 5. The van der Waals surface area contributed by atoms with Crippen molar-refractivity contribution in [3.05, 3.63) is 58.7 Å². The molecule has 1 amide bonds. The number of aryl methyl sites for hydroxylation is 1. The van der Waals surface area contributed by atoms with E-state index in [2.05, 4.69) is 5.32 Å². The fraction of sp³-hybridized carbons (Fsp3) is 0.222. The topological polar surface area (TPSA) is 81.7 Å². The van der Waals surface area contributed by atoms with Crippen LogP contribution in [-0.4, -0.2) is 18.5 Å². The Morgan fingerprint density at radius 3 is 2.84 bits per heavy atom. The van der Waals surface area contributed by atoms with Crippen LogP contribution in [0.4, 0.5) is 0 Å². The van der Waals surface area contributed by atoms with Crippen LogP contribution in [0.1, 0.15) is 34.8 Å². The van der Waals surface area contributed by atoms with Crippen LogP contribution in [0.5, 0.6) is 0 Å². The first-order chi connectivity index (χ1) is 12.0. The van der Waals surface area contributed by atoms with Gasteiger partial charge >= 0.3 is 5.97 Å². The summed E-state index contributed by atoms with van der Waals surface area (Å²) in [4.78, 5) is 24.1. The van der Waals surface area contributed by atoms with Gasteiger partial charge in [0.05, 0.1) is 12.3 Å². The van der Waals surface area contributed by atoms with Crippen molar-refractivity contribution < 1.29 is 23.2 Å². The zero-order valence-corrected chi connectivity index (χ0v) is 14.4. The maximum absolute atomic E-state index is 12.2. The molecule has 0 fully saturated rings. The van der Waals surface area contributed by atoms with Gasteiger partial charge in [0.15, 0.2) is 6.61 Å². The molecule has 0 aliphatic carbocycles. The van der Waals surface area contributed by atoms with E-state index in [4.69, 9.17) is 25.2 Å². The highest BCUT2D eigenvalue weighted by Gasteiger charge is 2.21. The Kier molecular flexibility index (Phi) is 4.81. The van der Waals surface area contributed by atoms with Crippen LogP contribution in [0, 0.1) is 6.92 Å². The summed E-state index contributed by atoms with van der Waals surface area (Å²) in [5.41, 5.74) is 1.15. The Morgan fingerprint density at radius 2 is 2.12 bits per heavy atom. The number of amides is 1. The lowest BCUT2D eigenvalue weighted by Crippen LogP contribution is -2.31. The van der Waals surface area contributed by atoms with Crippen molar-refractivity contribution in [3.63, 3.8) is 0 Å². The van der Waals surface area contributed by atoms with E-state index in [9.17, 15) is 9.59 Å². The van der Waals surface area contributed by atoms with Crippen molar-refractivity contribution in [3.8, 4) is 0 Å². The largest absolute Gasteiger partial charge is 0.467 e. The highest BCUT2D eigenvalue weighted by Crippen LogP contribution is 2.28. The van der Waals surface area contributed by atoms with Gasteiger partial charge in [0, 0.05) is 16.0 Å². The van der Waals surface area contributed by atoms with Crippen LogP contribution < -0.4 is 5.32 Å². The molecule has 6 nitrogen and oxygen atoms in total. The predicted molar refractivity (Wildman–Crippen MR) is 91.5 cm³/mol. The van der Waals surface area contributed by atoms with E-state index in [1.165, 1.54) is 6.26 Å². The van der Waals surface area contributed by atoms with E-state index in [0.29, 0.717) is 21.9 Å². The van der Waals surface area contributed by atoms with Crippen molar-refractivity contribution >= 4 is 34.4 Å². The number of nitrogens with one attached hydrogen (secondary N) is 1. The normalized spacial score (nSPS) is 12.1. The summed E-state index contributed by atoms with van der Waals surface area (Å²) in [5, 5.41) is 3.96. The van der Waals surface area contributed by atoms with E-state index >= 15 is 0 Å². The maximum atomic E-state index is 12.2. The number of carbonyl (C=O) groups is 2. The quantitative estimate of drug-likeness (QED) is 0.694. The fourth-order valence-corrected chi connectivity index (χ4v) is 2.65. The van der Waals surface area contributed by atoms with E-state index in [1.807, 2.05) is 0 Å². The van der Waals surface area contributed by atoms with E-state index in [0.717, 1.165) is 5.39 Å². The standard InChI is InChI=1S/C18H16ClNO5/c1-10-13-8-12(19)5-6-15(13)25-17(10)18(22)24-9-16(21)20-11(2)14-4-3-7-23-14/h3-8,11H,9H2,1-2H3,(H,20,21)/t11-/m1/s1. The lowest BCUT2D eigenvalue weighted by atomic mass is 10.1. The number of hydrogen-bond acceptors (Lipinski definition) is 5. The van der Waals surface area contributed by atoms with Crippen molar-refractivity contribution in [2.45, 2.75) is 19.9 Å². The molecule has 130 valence electrons. The van der Waals surface area contributed by atoms with Gasteiger partial charge in [0.25, 0.3) is 5.91 Å². The number of benzene rings is 1. The number of furan rings is 2. The highest BCUT2D eigenvalue weighted by molar-refractivity contribution is 6.31. The monoisotopic (exact) mass is 361 g/mol. The number of halogens is 1. The van der Waals surface area contributed by atoms with Crippen LogP contribution >= 0.6 is 11.6 Å². The molecule has 7 heteroatoms. The first-order valence-electron chi connectivity index (χ1n) is 7.64. The molecule has 1 atom stereocenters. The van der Waals surface area contributed by atoms with Gasteiger partial charge in [0.2, 0.25) is 5.76 Å². The number of carbonyl (C=O) groups excluding carboxylic acids is 2. The number of hydrogen-bond donors (Lipinski definition) is 1. The maximum Gasteiger partial charge on any atom is 0.375 e. The van der Waals surface area contributed by atoms with Gasteiger partial charge in [-0.05, 0) is 44.2 Å². The number of fused-ring (bicyclic) bond motifs is 1. The molecule has 3 aromatic rings. The summed E-state index contributed by atoms with van der Waals surface area (Å²) in [6, 6.07) is 8.22. The first kappa shape index (κ1) is 17.1. The summed E-state index contributed by atoms with van der Waals surface area (Å²) in [6.07, 6.45) is 1.52. The molecule has 1 N–H and O–H groups in total. The average Bonchev–Trinajstić information content (AvgIpc) is 3.22. The SMILES string of the molecule is Cc1c(C(=O)OCC(=O)N[C@H](C)c2ccco2)oc2ccc(Cl)cc12. The highest BCUT2D eigenvalue weighted by atomic mass is 35.5. The molecule has 0 saturated carbocycles. The second kappa shape index (κ2) is 7.03. The third-order valence-corrected chi connectivity index (χ3v) is 4.00. The van der Waals surface area contributed by atoms with Crippen molar-refractivity contribution in [2.24, 2.45) is 0 Å². The van der Waals surface area contributed by atoms with Gasteiger partial charge in [-0.25, -0.2) is 4.79 Å². The lowest BCUT2D eigenvalue weighted by molar-refractivity contribution is -0.125. The van der Waals surface area contributed by atoms with Crippen LogP contribution in [0.2, 0.25) is 5.02 Å². The van der Waals surface area contributed by atoms with Gasteiger partial charge in [-0.1, -0.05) is 11.6 Å². The Morgan fingerprint density at radius 1 is 1.32 bits per heavy atom. The van der Waals surface area contributed by atoms with Gasteiger partial charge in [-0.15, -0.1) is 0 Å². The Bertz CT molecular complexity index is 913. The first-order valence-corrected chi connectivity index (χ1v) is 8.02.